The van der Waals surface area contributed by atoms with Crippen LogP contribution in [0.3, 0.4) is 0 Å². The lowest BCUT2D eigenvalue weighted by atomic mass is 10.1. The van der Waals surface area contributed by atoms with Crippen LogP contribution in [0.4, 0.5) is 5.69 Å². The number of aromatic nitrogens is 1. The lowest BCUT2D eigenvalue weighted by Gasteiger charge is -2.11. The number of hydrogen-bond donors (Lipinski definition) is 1. The van der Waals surface area contributed by atoms with Crippen LogP contribution in [0.15, 0.2) is 78.0 Å². The quantitative estimate of drug-likeness (QED) is 0.416. The number of anilines is 1. The maximum absolute atomic E-state index is 12.9. The van der Waals surface area contributed by atoms with E-state index in [1.807, 2.05) is 24.3 Å². The fraction of sp³-hybridized carbons (Fsp3) is 0.120. The smallest absolute Gasteiger partial charge is 0.265 e. The SMILES string of the molecule is COc1ccccc1S(=O)(=O)Nc1cncc(-c2ccc(-c3ccc4c(c3)CN(C)C4=O)s2)c1. The number of benzene rings is 2. The highest BCUT2D eigenvalue weighted by Crippen LogP contribution is 2.37. The van der Waals surface area contributed by atoms with Crippen molar-refractivity contribution in [2.45, 2.75) is 11.4 Å². The molecule has 1 amide bonds. The Morgan fingerprint density at radius 1 is 1.00 bits per heavy atom. The Balaban J connectivity index is 1.41. The van der Waals surface area contributed by atoms with E-state index in [-0.39, 0.29) is 16.6 Å². The number of carbonyl (C=O) groups is 1. The number of pyridine rings is 1. The van der Waals surface area contributed by atoms with Crippen LogP contribution >= 0.6 is 11.3 Å². The van der Waals surface area contributed by atoms with Crippen molar-refractivity contribution in [3.8, 4) is 26.6 Å². The molecule has 172 valence electrons. The van der Waals surface area contributed by atoms with E-state index in [1.165, 1.54) is 19.4 Å². The summed E-state index contributed by atoms with van der Waals surface area (Å²) in [5.41, 5.74) is 3.97. The van der Waals surface area contributed by atoms with Gasteiger partial charge in [-0.3, -0.25) is 14.5 Å². The van der Waals surface area contributed by atoms with Gasteiger partial charge in [-0.2, -0.15) is 0 Å². The number of para-hydroxylation sites is 1. The molecular weight excluding hydrogens is 470 g/mol. The summed E-state index contributed by atoms with van der Waals surface area (Å²) >= 11 is 1.58. The Kier molecular flexibility index (Phi) is 5.59. The molecule has 0 saturated carbocycles. The zero-order valence-corrected chi connectivity index (χ0v) is 20.1. The third-order valence-corrected chi connectivity index (χ3v) is 8.22. The zero-order chi connectivity index (χ0) is 23.9. The first-order chi connectivity index (χ1) is 16.4. The predicted octanol–water partition coefficient (Wildman–Crippen LogP) is 4.87. The van der Waals surface area contributed by atoms with E-state index >= 15 is 0 Å². The van der Waals surface area contributed by atoms with Crippen LogP contribution in [-0.4, -0.2) is 38.4 Å². The molecule has 9 heteroatoms. The van der Waals surface area contributed by atoms with Crippen LogP contribution in [0.5, 0.6) is 5.75 Å². The van der Waals surface area contributed by atoms with Crippen molar-refractivity contribution in [1.82, 2.24) is 9.88 Å². The van der Waals surface area contributed by atoms with E-state index in [4.69, 9.17) is 4.74 Å². The van der Waals surface area contributed by atoms with Gasteiger partial charge in [-0.25, -0.2) is 8.42 Å². The Morgan fingerprint density at radius 3 is 2.56 bits per heavy atom. The molecule has 1 aliphatic rings. The summed E-state index contributed by atoms with van der Waals surface area (Å²) in [5.74, 6) is 0.316. The molecule has 0 atom stereocenters. The number of amides is 1. The third-order valence-electron chi connectivity index (χ3n) is 5.61. The predicted molar refractivity (Wildman–Crippen MR) is 133 cm³/mol. The van der Waals surface area contributed by atoms with E-state index in [1.54, 1.807) is 53.7 Å². The summed E-state index contributed by atoms with van der Waals surface area (Å²) < 4.78 is 33.6. The number of rotatable bonds is 6. The second-order valence-electron chi connectivity index (χ2n) is 7.92. The first-order valence-corrected chi connectivity index (χ1v) is 12.8. The van der Waals surface area contributed by atoms with Gasteiger partial charge in [-0.05, 0) is 53.6 Å². The van der Waals surface area contributed by atoms with Gasteiger partial charge >= 0.3 is 0 Å². The normalized spacial score (nSPS) is 13.1. The summed E-state index contributed by atoms with van der Waals surface area (Å²) in [6, 6.07) is 18.1. The zero-order valence-electron chi connectivity index (χ0n) is 18.5. The monoisotopic (exact) mass is 491 g/mol. The van der Waals surface area contributed by atoms with Crippen molar-refractivity contribution >= 4 is 33.0 Å². The molecule has 0 bridgehead atoms. The van der Waals surface area contributed by atoms with Gasteiger partial charge in [0.15, 0.2) is 0 Å². The van der Waals surface area contributed by atoms with Crippen LogP contribution < -0.4 is 9.46 Å². The largest absolute Gasteiger partial charge is 0.495 e. The lowest BCUT2D eigenvalue weighted by Crippen LogP contribution is -2.17. The highest BCUT2D eigenvalue weighted by Gasteiger charge is 2.24. The molecule has 3 heterocycles. The van der Waals surface area contributed by atoms with Crippen LogP contribution in [0.2, 0.25) is 0 Å². The Bertz CT molecular complexity index is 1510. The summed E-state index contributed by atoms with van der Waals surface area (Å²) in [7, 11) is -0.619. The fourth-order valence-corrected chi connectivity index (χ4v) is 6.14. The topological polar surface area (TPSA) is 88.6 Å². The van der Waals surface area contributed by atoms with Crippen LogP contribution in [0, 0.1) is 0 Å². The van der Waals surface area contributed by atoms with Crippen molar-refractivity contribution < 1.29 is 17.9 Å². The van der Waals surface area contributed by atoms with Gasteiger partial charge < -0.3 is 9.64 Å². The summed E-state index contributed by atoms with van der Waals surface area (Å²) in [6.45, 7) is 0.610. The first-order valence-electron chi connectivity index (χ1n) is 10.5. The Hall–Kier alpha value is -3.69. The minimum absolute atomic E-state index is 0.0480. The standard InChI is InChI=1S/C25H21N3O4S2/c1-28-15-18-11-16(7-8-20(18)25(28)29)22-9-10-23(33-22)17-12-19(14-26-13-17)27-34(30,31)24-6-4-3-5-21(24)32-2/h3-14,27H,15H2,1-2H3. The van der Waals surface area contributed by atoms with E-state index in [0.717, 1.165) is 32.0 Å². The highest BCUT2D eigenvalue weighted by atomic mass is 32.2. The van der Waals surface area contributed by atoms with E-state index < -0.39 is 10.0 Å². The molecule has 4 aromatic rings. The van der Waals surface area contributed by atoms with E-state index in [0.29, 0.717) is 12.2 Å². The van der Waals surface area contributed by atoms with Gasteiger partial charge in [0.05, 0.1) is 19.0 Å². The number of nitrogens with one attached hydrogen (secondary N) is 1. The van der Waals surface area contributed by atoms with Crippen molar-refractivity contribution in [2.24, 2.45) is 0 Å². The minimum atomic E-state index is -3.85. The Labute approximate surface area is 201 Å². The summed E-state index contributed by atoms with van der Waals surface area (Å²) in [5, 5.41) is 0. The van der Waals surface area contributed by atoms with Crippen molar-refractivity contribution in [1.29, 1.82) is 0 Å². The summed E-state index contributed by atoms with van der Waals surface area (Å²) in [4.78, 5) is 20.2. The van der Waals surface area contributed by atoms with Crippen LogP contribution in [0.1, 0.15) is 15.9 Å². The highest BCUT2D eigenvalue weighted by molar-refractivity contribution is 7.92. The van der Waals surface area contributed by atoms with Crippen molar-refractivity contribution in [3.05, 3.63) is 84.2 Å². The maximum Gasteiger partial charge on any atom is 0.265 e. The molecule has 1 aliphatic heterocycles. The van der Waals surface area contributed by atoms with Gasteiger partial charge in [0.1, 0.15) is 10.6 Å². The molecule has 2 aromatic carbocycles. The molecule has 34 heavy (non-hydrogen) atoms. The molecule has 0 spiro atoms. The number of ether oxygens (including phenoxy) is 1. The molecule has 1 N–H and O–H groups in total. The second kappa shape index (κ2) is 8.58. The number of fused-ring (bicyclic) bond motifs is 1. The number of nitrogens with zero attached hydrogens (tertiary/aromatic N) is 2. The van der Waals surface area contributed by atoms with Crippen LogP contribution in [0.25, 0.3) is 20.9 Å². The van der Waals surface area contributed by atoms with Gasteiger partial charge in [0.2, 0.25) is 0 Å². The molecule has 5 rings (SSSR count). The van der Waals surface area contributed by atoms with Gasteiger partial charge in [-0.1, -0.05) is 18.2 Å². The second-order valence-corrected chi connectivity index (χ2v) is 10.7. The average Bonchev–Trinajstić information content (AvgIpc) is 3.44. The third kappa shape index (κ3) is 4.04. The number of hydrogen-bond acceptors (Lipinski definition) is 6. The molecular formula is C25H21N3O4S2. The van der Waals surface area contributed by atoms with E-state index in [9.17, 15) is 13.2 Å². The fourth-order valence-electron chi connectivity index (χ4n) is 3.95. The molecule has 0 fully saturated rings. The average molecular weight is 492 g/mol. The van der Waals surface area contributed by atoms with Gasteiger partial charge in [-0.15, -0.1) is 11.3 Å². The van der Waals surface area contributed by atoms with E-state index in [2.05, 4.69) is 15.8 Å². The molecule has 0 aliphatic carbocycles. The first kappa shape index (κ1) is 22.1. The number of thiophene rings is 1. The van der Waals surface area contributed by atoms with Crippen molar-refractivity contribution in [2.75, 3.05) is 18.9 Å². The molecule has 2 aromatic heterocycles. The Morgan fingerprint density at radius 2 is 1.76 bits per heavy atom. The lowest BCUT2D eigenvalue weighted by molar-refractivity contribution is 0.0816. The maximum atomic E-state index is 12.9. The van der Waals surface area contributed by atoms with Crippen molar-refractivity contribution in [3.63, 3.8) is 0 Å². The minimum Gasteiger partial charge on any atom is -0.495 e. The molecule has 0 saturated heterocycles. The summed E-state index contributed by atoms with van der Waals surface area (Å²) in [6.07, 6.45) is 3.17. The number of methoxy groups -OCH3 is 1. The van der Waals surface area contributed by atoms with Crippen LogP contribution in [-0.2, 0) is 16.6 Å². The molecule has 7 nitrogen and oxygen atoms in total. The molecule has 0 radical (unpaired) electrons. The number of carbonyl (C=O) groups excluding carboxylic acids is 1. The number of sulfonamides is 1. The van der Waals surface area contributed by atoms with Gasteiger partial charge in [0.25, 0.3) is 15.9 Å². The van der Waals surface area contributed by atoms with Gasteiger partial charge in [0, 0.05) is 40.7 Å². The molecule has 0 unspecified atom stereocenters.